The summed E-state index contributed by atoms with van der Waals surface area (Å²) in [7, 11) is 0. The minimum atomic E-state index is -4.32. The zero-order valence-corrected chi connectivity index (χ0v) is 7.17. The summed E-state index contributed by atoms with van der Waals surface area (Å²) < 4.78 is 36.8. The van der Waals surface area contributed by atoms with E-state index >= 15 is 0 Å². The van der Waals surface area contributed by atoms with Crippen LogP contribution in [0.1, 0.15) is 17.5 Å². The van der Waals surface area contributed by atoms with Crippen molar-refractivity contribution < 1.29 is 13.2 Å². The van der Waals surface area contributed by atoms with Crippen LogP contribution < -0.4 is 0 Å². The number of alkyl halides is 3. The van der Waals surface area contributed by atoms with Crippen molar-refractivity contribution >= 4 is 12.0 Å². The summed E-state index contributed by atoms with van der Waals surface area (Å²) in [5.41, 5.74) is -0.129. The normalized spacial score (nSPS) is 15.4. The molecule has 1 aliphatic heterocycles. The number of halogens is 3. The molecule has 0 bridgehead atoms. The van der Waals surface area contributed by atoms with Crippen molar-refractivity contribution in [3.8, 4) is 0 Å². The van der Waals surface area contributed by atoms with E-state index < -0.39 is 11.7 Å². The van der Waals surface area contributed by atoms with Crippen molar-refractivity contribution in [3.63, 3.8) is 0 Å². The smallest absolute Gasteiger partial charge is 0.241 e. The molecule has 2 nitrogen and oxygen atoms in total. The molecule has 0 atom stereocenters. The molecule has 0 spiro atoms. The molecule has 1 aliphatic rings. The lowest BCUT2D eigenvalue weighted by atomic mass is 10.1. The molecule has 5 heteroatoms. The molecule has 0 saturated heterocycles. The van der Waals surface area contributed by atoms with Gasteiger partial charge in [0.1, 0.15) is 0 Å². The highest BCUT2D eigenvalue weighted by atomic mass is 19.4. The fourth-order valence-electron chi connectivity index (χ4n) is 1.33. The first-order valence-corrected chi connectivity index (χ1v) is 4.16. The van der Waals surface area contributed by atoms with Gasteiger partial charge in [0.05, 0.1) is 5.56 Å². The Labute approximate surface area is 78.5 Å². The van der Waals surface area contributed by atoms with Gasteiger partial charge < -0.3 is 0 Å². The number of rotatable bonds is 0. The Bertz CT molecular complexity index is 382. The molecule has 0 fully saturated rings. The summed E-state index contributed by atoms with van der Waals surface area (Å²) in [5, 5.41) is 0. The van der Waals surface area contributed by atoms with Gasteiger partial charge in [-0.15, -0.1) is 0 Å². The van der Waals surface area contributed by atoms with E-state index in [1.807, 2.05) is 0 Å². The minimum absolute atomic E-state index is 0.407. The number of aromatic nitrogens is 1. The van der Waals surface area contributed by atoms with Crippen LogP contribution in [0.2, 0.25) is 0 Å². The average Bonchev–Trinajstić information content (AvgIpc) is 2.16. The van der Waals surface area contributed by atoms with Crippen LogP contribution in [0.15, 0.2) is 17.3 Å². The topological polar surface area (TPSA) is 25.2 Å². The fraction of sp³-hybridized carbons (Fsp3) is 0.333. The Hall–Kier alpha value is -1.39. The fourth-order valence-corrected chi connectivity index (χ4v) is 1.33. The van der Waals surface area contributed by atoms with Crippen LogP contribution in [0.3, 0.4) is 0 Å². The van der Waals surface area contributed by atoms with Crippen molar-refractivity contribution in [3.05, 3.63) is 23.4 Å². The van der Waals surface area contributed by atoms with Crippen molar-refractivity contribution in [1.29, 1.82) is 0 Å². The monoisotopic (exact) mass is 200 g/mol. The molecule has 74 valence electrons. The average molecular weight is 200 g/mol. The van der Waals surface area contributed by atoms with Crippen LogP contribution in [0.5, 0.6) is 0 Å². The first kappa shape index (κ1) is 9.18. The molecule has 0 radical (unpaired) electrons. The lowest BCUT2D eigenvalue weighted by molar-refractivity contribution is -0.137. The number of pyridine rings is 1. The lowest BCUT2D eigenvalue weighted by Crippen LogP contribution is -2.07. The minimum Gasteiger partial charge on any atom is -0.241 e. The van der Waals surface area contributed by atoms with Gasteiger partial charge in [-0.25, -0.2) is 9.98 Å². The maximum Gasteiger partial charge on any atom is 0.417 e. The van der Waals surface area contributed by atoms with Gasteiger partial charge in [-0.3, -0.25) is 0 Å². The van der Waals surface area contributed by atoms with E-state index in [-0.39, 0.29) is 0 Å². The highest BCUT2D eigenvalue weighted by Crippen LogP contribution is 2.32. The number of aryl methyl sites for hydroxylation is 1. The number of aliphatic imine (C=N–C) groups is 1. The summed E-state index contributed by atoms with van der Waals surface area (Å²) in [5.74, 6) is 0.407. The van der Waals surface area contributed by atoms with Crippen molar-refractivity contribution in [1.82, 2.24) is 4.98 Å². The van der Waals surface area contributed by atoms with Crippen molar-refractivity contribution in [2.75, 3.05) is 0 Å². The van der Waals surface area contributed by atoms with E-state index in [1.165, 1.54) is 0 Å². The molecule has 2 heterocycles. The molecule has 14 heavy (non-hydrogen) atoms. The summed E-state index contributed by atoms with van der Waals surface area (Å²) >= 11 is 0. The second-order valence-electron chi connectivity index (χ2n) is 3.05. The third-order valence-electron chi connectivity index (χ3n) is 2.03. The molecule has 0 amide bonds. The molecular weight excluding hydrogens is 193 g/mol. The van der Waals surface area contributed by atoms with E-state index in [0.29, 0.717) is 24.2 Å². The number of hydrogen-bond donors (Lipinski definition) is 0. The molecule has 0 unspecified atom stereocenters. The molecular formula is C9H7F3N2. The Morgan fingerprint density at radius 1 is 1.29 bits per heavy atom. The molecule has 1 aromatic heterocycles. The third kappa shape index (κ3) is 1.62. The first-order valence-electron chi connectivity index (χ1n) is 4.16. The van der Waals surface area contributed by atoms with Gasteiger partial charge in [-0.2, -0.15) is 13.2 Å². The van der Waals surface area contributed by atoms with Crippen molar-refractivity contribution in [2.45, 2.75) is 19.0 Å². The second-order valence-corrected chi connectivity index (χ2v) is 3.05. The zero-order valence-electron chi connectivity index (χ0n) is 7.17. The summed E-state index contributed by atoms with van der Waals surface area (Å²) in [6.45, 7) is 0. The van der Waals surface area contributed by atoms with Crippen LogP contribution in [0.4, 0.5) is 19.0 Å². The van der Waals surface area contributed by atoms with E-state index in [9.17, 15) is 13.2 Å². The van der Waals surface area contributed by atoms with Crippen LogP contribution >= 0.6 is 0 Å². The molecule has 0 aromatic carbocycles. The van der Waals surface area contributed by atoms with Crippen LogP contribution in [0, 0.1) is 0 Å². The van der Waals surface area contributed by atoms with E-state index in [0.717, 1.165) is 12.3 Å². The number of nitrogens with zero attached hydrogens (tertiary/aromatic N) is 2. The van der Waals surface area contributed by atoms with Gasteiger partial charge in [0.2, 0.25) is 0 Å². The quantitative estimate of drug-likeness (QED) is 0.632. The van der Waals surface area contributed by atoms with Crippen LogP contribution in [-0.2, 0) is 12.6 Å². The highest BCUT2D eigenvalue weighted by Gasteiger charge is 2.31. The molecule has 0 N–H and O–H groups in total. The molecule has 1 aromatic rings. The highest BCUT2D eigenvalue weighted by molar-refractivity contribution is 5.66. The van der Waals surface area contributed by atoms with Crippen molar-refractivity contribution in [2.24, 2.45) is 4.99 Å². The molecule has 0 saturated carbocycles. The largest absolute Gasteiger partial charge is 0.417 e. The first-order chi connectivity index (χ1) is 6.57. The van der Waals surface area contributed by atoms with Gasteiger partial charge in [-0.05, 0) is 24.5 Å². The second kappa shape index (κ2) is 3.08. The SMILES string of the molecule is FC(F)(F)c1cnc2c(c1)CCC=N2. The van der Waals surface area contributed by atoms with Gasteiger partial charge in [0.25, 0.3) is 0 Å². The summed E-state index contributed by atoms with van der Waals surface area (Å²) in [4.78, 5) is 7.58. The Kier molecular flexibility index (Phi) is 2.02. The van der Waals surface area contributed by atoms with Crippen LogP contribution in [-0.4, -0.2) is 11.2 Å². The van der Waals surface area contributed by atoms with Gasteiger partial charge >= 0.3 is 6.18 Å². The third-order valence-corrected chi connectivity index (χ3v) is 2.03. The Morgan fingerprint density at radius 3 is 2.79 bits per heavy atom. The Morgan fingerprint density at radius 2 is 2.07 bits per heavy atom. The number of fused-ring (bicyclic) bond motifs is 1. The van der Waals surface area contributed by atoms with Gasteiger partial charge in [0, 0.05) is 12.4 Å². The maximum absolute atomic E-state index is 12.3. The van der Waals surface area contributed by atoms with E-state index in [1.54, 1.807) is 6.21 Å². The molecule has 2 rings (SSSR count). The number of hydrogen-bond acceptors (Lipinski definition) is 2. The van der Waals surface area contributed by atoms with Crippen LogP contribution in [0.25, 0.3) is 0 Å². The predicted molar refractivity (Wildman–Crippen MR) is 45.7 cm³/mol. The van der Waals surface area contributed by atoms with Gasteiger partial charge in [-0.1, -0.05) is 0 Å². The predicted octanol–water partition coefficient (Wildman–Crippen LogP) is 2.75. The summed E-state index contributed by atoms with van der Waals surface area (Å²) in [6.07, 6.45) is -0.570. The lowest BCUT2D eigenvalue weighted by Gasteiger charge is -2.11. The van der Waals surface area contributed by atoms with E-state index in [2.05, 4.69) is 9.98 Å². The maximum atomic E-state index is 12.3. The molecule has 0 aliphatic carbocycles. The summed E-state index contributed by atoms with van der Waals surface area (Å²) in [6, 6.07) is 1.12. The Balaban J connectivity index is 2.45. The van der Waals surface area contributed by atoms with E-state index in [4.69, 9.17) is 0 Å². The zero-order chi connectivity index (χ0) is 10.2. The standard InChI is InChI=1S/C9H7F3N2/c10-9(11,12)7-4-6-2-1-3-13-8(6)14-5-7/h3-5H,1-2H2. The van der Waals surface area contributed by atoms with Gasteiger partial charge in [0.15, 0.2) is 5.82 Å².